The number of carbonyl (C=O) groups is 1. The van der Waals surface area contributed by atoms with Crippen molar-refractivity contribution in [3.63, 3.8) is 0 Å². The van der Waals surface area contributed by atoms with E-state index in [1.165, 1.54) is 13.8 Å². The van der Waals surface area contributed by atoms with Gasteiger partial charge in [-0.15, -0.1) is 0 Å². The Hall–Kier alpha value is -0.950. The van der Waals surface area contributed by atoms with Crippen molar-refractivity contribution in [1.29, 1.82) is 0 Å². The van der Waals surface area contributed by atoms with Crippen LogP contribution in [0.4, 0.5) is 26.3 Å². The van der Waals surface area contributed by atoms with E-state index >= 15 is 0 Å². The number of rotatable bonds is 3. The SMILES string of the molecule is CCC(C)C(=O)NC(C)(C(F)(F)F)C(F)(F)F. The van der Waals surface area contributed by atoms with Gasteiger partial charge in [-0.2, -0.15) is 26.3 Å². The first-order chi connectivity index (χ1) is 7.37. The zero-order chi connectivity index (χ0) is 14.1. The van der Waals surface area contributed by atoms with E-state index in [1.54, 1.807) is 0 Å². The maximum Gasteiger partial charge on any atom is 0.420 e. The Labute approximate surface area is 94.4 Å². The van der Waals surface area contributed by atoms with Gasteiger partial charge in [0.05, 0.1) is 0 Å². The summed E-state index contributed by atoms with van der Waals surface area (Å²) in [6, 6.07) is 0. The monoisotopic (exact) mass is 265 g/mol. The van der Waals surface area contributed by atoms with Gasteiger partial charge >= 0.3 is 12.4 Å². The molecule has 0 saturated heterocycles. The highest BCUT2D eigenvalue weighted by Gasteiger charge is 2.68. The Morgan fingerprint density at radius 2 is 1.47 bits per heavy atom. The second-order valence-corrected chi connectivity index (χ2v) is 3.92. The molecular weight excluding hydrogens is 252 g/mol. The molecule has 0 radical (unpaired) electrons. The van der Waals surface area contributed by atoms with E-state index < -0.39 is 29.7 Å². The number of hydrogen-bond donors (Lipinski definition) is 1. The predicted octanol–water partition coefficient (Wildman–Crippen LogP) is 3.03. The molecule has 102 valence electrons. The van der Waals surface area contributed by atoms with E-state index in [1.807, 2.05) is 0 Å². The summed E-state index contributed by atoms with van der Waals surface area (Å²) in [5.74, 6) is -2.19. The van der Waals surface area contributed by atoms with Crippen LogP contribution in [0, 0.1) is 5.92 Å². The molecule has 0 rings (SSSR count). The molecule has 0 aliphatic heterocycles. The molecule has 2 nitrogen and oxygen atoms in total. The molecule has 0 saturated carbocycles. The lowest BCUT2D eigenvalue weighted by Crippen LogP contribution is -2.66. The minimum atomic E-state index is -5.60. The molecule has 0 fully saturated rings. The van der Waals surface area contributed by atoms with Crippen LogP contribution >= 0.6 is 0 Å². The lowest BCUT2D eigenvalue weighted by molar-refractivity contribution is -0.300. The number of halogens is 6. The second-order valence-electron chi connectivity index (χ2n) is 3.92. The molecule has 0 aliphatic rings. The minimum absolute atomic E-state index is 0.0900. The zero-order valence-corrected chi connectivity index (χ0v) is 9.46. The molecular formula is C9H13F6NO. The average molecular weight is 265 g/mol. The third kappa shape index (κ3) is 3.26. The van der Waals surface area contributed by atoms with Crippen LogP contribution in [-0.4, -0.2) is 23.8 Å². The topological polar surface area (TPSA) is 29.1 Å². The average Bonchev–Trinajstić information content (AvgIpc) is 2.12. The highest BCUT2D eigenvalue weighted by atomic mass is 19.4. The van der Waals surface area contributed by atoms with E-state index in [0.717, 1.165) is 5.32 Å². The smallest absolute Gasteiger partial charge is 0.335 e. The Bertz CT molecular complexity index is 268. The van der Waals surface area contributed by atoms with E-state index in [2.05, 4.69) is 0 Å². The summed E-state index contributed by atoms with van der Waals surface area (Å²) in [6.45, 7) is 2.65. The van der Waals surface area contributed by atoms with Crippen LogP contribution in [0.15, 0.2) is 0 Å². The standard InChI is InChI=1S/C9H13F6NO/c1-4-5(2)6(17)16-7(3,8(10,11)12)9(13,14)15/h5H,4H2,1-3H3,(H,16,17). The molecule has 1 unspecified atom stereocenters. The number of hydrogen-bond acceptors (Lipinski definition) is 1. The van der Waals surface area contributed by atoms with E-state index in [9.17, 15) is 31.1 Å². The van der Waals surface area contributed by atoms with Crippen LogP contribution in [0.2, 0.25) is 0 Å². The van der Waals surface area contributed by atoms with Crippen molar-refractivity contribution in [2.75, 3.05) is 0 Å². The van der Waals surface area contributed by atoms with Gasteiger partial charge in [-0.3, -0.25) is 4.79 Å². The van der Waals surface area contributed by atoms with Crippen LogP contribution in [0.5, 0.6) is 0 Å². The van der Waals surface area contributed by atoms with Crippen LogP contribution in [0.1, 0.15) is 27.2 Å². The molecule has 0 aromatic carbocycles. The van der Waals surface area contributed by atoms with Gasteiger partial charge in [0.2, 0.25) is 11.4 Å². The molecule has 1 atom stereocenters. The molecule has 8 heteroatoms. The highest BCUT2D eigenvalue weighted by molar-refractivity contribution is 5.79. The van der Waals surface area contributed by atoms with Crippen LogP contribution < -0.4 is 5.32 Å². The number of alkyl halides is 6. The summed E-state index contributed by atoms with van der Waals surface area (Å²) in [5.41, 5.74) is -4.22. The van der Waals surface area contributed by atoms with E-state index in [-0.39, 0.29) is 13.3 Å². The maximum atomic E-state index is 12.4. The Morgan fingerprint density at radius 3 is 1.71 bits per heavy atom. The van der Waals surface area contributed by atoms with Gasteiger partial charge < -0.3 is 5.32 Å². The van der Waals surface area contributed by atoms with Crippen molar-refractivity contribution in [2.45, 2.75) is 45.1 Å². The van der Waals surface area contributed by atoms with Crippen LogP contribution in [-0.2, 0) is 4.79 Å². The van der Waals surface area contributed by atoms with Crippen LogP contribution in [0.25, 0.3) is 0 Å². The molecule has 0 aromatic heterocycles. The fourth-order valence-electron chi connectivity index (χ4n) is 0.857. The number of carbonyl (C=O) groups excluding carboxylic acids is 1. The molecule has 0 bridgehead atoms. The summed E-state index contributed by atoms with van der Waals surface area (Å²) < 4.78 is 74.4. The first-order valence-electron chi connectivity index (χ1n) is 4.82. The predicted molar refractivity (Wildman–Crippen MR) is 48.1 cm³/mol. The number of nitrogens with one attached hydrogen (secondary N) is 1. The summed E-state index contributed by atoms with van der Waals surface area (Å²) in [5, 5.41) is 1.04. The van der Waals surface area contributed by atoms with Gasteiger partial charge in [-0.1, -0.05) is 13.8 Å². The Kier molecular flexibility index (Phi) is 4.47. The van der Waals surface area contributed by atoms with Gasteiger partial charge in [0.15, 0.2) is 0 Å². The van der Waals surface area contributed by atoms with E-state index in [4.69, 9.17) is 0 Å². The third-order valence-corrected chi connectivity index (χ3v) is 2.57. The van der Waals surface area contributed by atoms with Crippen molar-refractivity contribution in [3.8, 4) is 0 Å². The summed E-state index contributed by atoms with van der Waals surface area (Å²) >= 11 is 0. The molecule has 1 N–H and O–H groups in total. The van der Waals surface area contributed by atoms with Crippen molar-refractivity contribution in [1.82, 2.24) is 5.32 Å². The fraction of sp³-hybridized carbons (Fsp3) is 0.889. The van der Waals surface area contributed by atoms with E-state index in [0.29, 0.717) is 0 Å². The van der Waals surface area contributed by atoms with Crippen molar-refractivity contribution in [3.05, 3.63) is 0 Å². The third-order valence-electron chi connectivity index (χ3n) is 2.57. The molecule has 0 heterocycles. The molecule has 1 amide bonds. The molecule has 0 aromatic rings. The summed E-state index contributed by atoms with van der Waals surface area (Å²) in [7, 11) is 0. The van der Waals surface area contributed by atoms with Gasteiger partial charge in [-0.05, 0) is 13.3 Å². The zero-order valence-electron chi connectivity index (χ0n) is 9.46. The minimum Gasteiger partial charge on any atom is -0.335 e. The first kappa shape index (κ1) is 16.1. The van der Waals surface area contributed by atoms with Gasteiger partial charge in [0, 0.05) is 5.92 Å². The van der Waals surface area contributed by atoms with Crippen molar-refractivity contribution < 1.29 is 31.1 Å². The fourth-order valence-corrected chi connectivity index (χ4v) is 0.857. The Morgan fingerprint density at radius 1 is 1.12 bits per heavy atom. The molecule has 17 heavy (non-hydrogen) atoms. The largest absolute Gasteiger partial charge is 0.420 e. The molecule has 0 aliphatic carbocycles. The van der Waals surface area contributed by atoms with Gasteiger partial charge in [0.1, 0.15) is 0 Å². The highest BCUT2D eigenvalue weighted by Crippen LogP contribution is 2.42. The number of amides is 1. The first-order valence-corrected chi connectivity index (χ1v) is 4.82. The summed E-state index contributed by atoms with van der Waals surface area (Å²) in [4.78, 5) is 11.2. The lowest BCUT2D eigenvalue weighted by atomic mass is 9.98. The lowest BCUT2D eigenvalue weighted by Gasteiger charge is -2.35. The Balaban J connectivity index is 5.20. The van der Waals surface area contributed by atoms with Gasteiger partial charge in [-0.25, -0.2) is 0 Å². The van der Waals surface area contributed by atoms with Crippen molar-refractivity contribution in [2.24, 2.45) is 5.92 Å². The second kappa shape index (κ2) is 4.73. The molecule has 0 spiro atoms. The normalized spacial score (nSPS) is 15.6. The quantitative estimate of drug-likeness (QED) is 0.781. The van der Waals surface area contributed by atoms with Crippen molar-refractivity contribution >= 4 is 5.91 Å². The maximum absolute atomic E-state index is 12.4. The summed E-state index contributed by atoms with van der Waals surface area (Å²) in [6.07, 6.45) is -11.1. The van der Waals surface area contributed by atoms with Gasteiger partial charge in [0.25, 0.3) is 0 Å². The van der Waals surface area contributed by atoms with Crippen LogP contribution in [0.3, 0.4) is 0 Å².